The highest BCUT2D eigenvalue weighted by molar-refractivity contribution is 9.10. The molecule has 4 aromatic rings. The lowest BCUT2D eigenvalue weighted by atomic mass is 10.1. The molecule has 0 saturated carbocycles. The van der Waals surface area contributed by atoms with Crippen LogP contribution < -0.4 is 4.74 Å². The lowest BCUT2D eigenvalue weighted by molar-refractivity contribution is -0.151. The Bertz CT molecular complexity index is 1250. The number of hydrogen-bond acceptors (Lipinski definition) is 5. The van der Waals surface area contributed by atoms with Gasteiger partial charge in [-0.25, -0.2) is 9.78 Å². The van der Waals surface area contributed by atoms with Crippen molar-refractivity contribution in [1.29, 1.82) is 0 Å². The van der Waals surface area contributed by atoms with E-state index in [1.807, 2.05) is 0 Å². The van der Waals surface area contributed by atoms with E-state index in [2.05, 4.69) is 20.9 Å². The van der Waals surface area contributed by atoms with Crippen LogP contribution >= 0.6 is 15.9 Å². The molecule has 1 aromatic heterocycles. The molecule has 0 bridgehead atoms. The van der Waals surface area contributed by atoms with Crippen LogP contribution in [0.25, 0.3) is 22.6 Å². The predicted molar refractivity (Wildman–Crippen MR) is 119 cm³/mol. The van der Waals surface area contributed by atoms with Crippen molar-refractivity contribution in [1.82, 2.24) is 4.98 Å². The third-order valence-electron chi connectivity index (χ3n) is 4.75. The van der Waals surface area contributed by atoms with Crippen LogP contribution in [-0.2, 0) is 15.7 Å². The van der Waals surface area contributed by atoms with Gasteiger partial charge in [0.1, 0.15) is 11.3 Å². The molecule has 0 N–H and O–H groups in total. The van der Waals surface area contributed by atoms with E-state index in [-0.39, 0.29) is 23.8 Å². The molecule has 0 amide bonds. The zero-order valence-electron chi connectivity index (χ0n) is 17.2. The highest BCUT2D eigenvalue weighted by Crippen LogP contribution is 2.39. The average Bonchev–Trinajstić information content (AvgIpc) is 3.22. The standard InChI is InChI=1S/C24H17BrF3NO4/c1-2-31-23(30)21(14-7-10-16(25)11-8-14)32-19-12-9-15(24(26,27)28)13-17(19)22-29-18-5-3-4-6-20(18)33-22/h3-13,21H,2H2,1H3. The summed E-state index contributed by atoms with van der Waals surface area (Å²) < 4.78 is 57.9. The van der Waals surface area contributed by atoms with Crippen molar-refractivity contribution in [2.45, 2.75) is 19.2 Å². The van der Waals surface area contributed by atoms with Gasteiger partial charge in [-0.2, -0.15) is 13.2 Å². The van der Waals surface area contributed by atoms with Crippen molar-refractivity contribution in [3.63, 3.8) is 0 Å². The van der Waals surface area contributed by atoms with Crippen molar-refractivity contribution < 1.29 is 31.9 Å². The van der Waals surface area contributed by atoms with E-state index < -0.39 is 23.8 Å². The number of alkyl halides is 3. The van der Waals surface area contributed by atoms with Crippen molar-refractivity contribution >= 4 is 33.0 Å². The maximum atomic E-state index is 13.4. The Hall–Kier alpha value is -3.33. The molecular formula is C24H17BrF3NO4. The van der Waals surface area contributed by atoms with Crippen LogP contribution in [0.2, 0.25) is 0 Å². The Kier molecular flexibility index (Phi) is 6.42. The first-order chi connectivity index (χ1) is 15.8. The quantitative estimate of drug-likeness (QED) is 0.257. The monoisotopic (exact) mass is 519 g/mol. The normalized spacial score (nSPS) is 12.5. The summed E-state index contributed by atoms with van der Waals surface area (Å²) in [5, 5.41) is 0. The number of ether oxygens (including phenoxy) is 2. The van der Waals surface area contributed by atoms with Gasteiger partial charge in [-0.15, -0.1) is 0 Å². The van der Waals surface area contributed by atoms with Crippen molar-refractivity contribution in [2.75, 3.05) is 6.61 Å². The summed E-state index contributed by atoms with van der Waals surface area (Å²) in [6, 6.07) is 16.5. The van der Waals surface area contributed by atoms with E-state index in [0.717, 1.165) is 22.7 Å². The molecule has 0 fully saturated rings. The van der Waals surface area contributed by atoms with Crippen LogP contribution in [0.1, 0.15) is 24.2 Å². The van der Waals surface area contributed by atoms with Gasteiger partial charge in [0, 0.05) is 10.0 Å². The number of halogens is 4. The van der Waals surface area contributed by atoms with Crippen LogP contribution in [-0.4, -0.2) is 17.6 Å². The lowest BCUT2D eigenvalue weighted by Crippen LogP contribution is -2.22. The first-order valence-corrected chi connectivity index (χ1v) is 10.7. The summed E-state index contributed by atoms with van der Waals surface area (Å²) in [6.45, 7) is 1.76. The van der Waals surface area contributed by atoms with Crippen molar-refractivity contribution in [2.24, 2.45) is 0 Å². The number of nitrogens with zero attached hydrogens (tertiary/aromatic N) is 1. The Morgan fingerprint density at radius 2 is 1.82 bits per heavy atom. The maximum absolute atomic E-state index is 13.4. The molecule has 9 heteroatoms. The zero-order chi connectivity index (χ0) is 23.6. The molecule has 0 spiro atoms. The molecule has 0 aliphatic carbocycles. The van der Waals surface area contributed by atoms with E-state index in [0.29, 0.717) is 16.7 Å². The highest BCUT2D eigenvalue weighted by Gasteiger charge is 2.33. The zero-order valence-corrected chi connectivity index (χ0v) is 18.8. The summed E-state index contributed by atoms with van der Waals surface area (Å²) in [4.78, 5) is 17.0. The number of benzene rings is 3. The number of aromatic nitrogens is 1. The maximum Gasteiger partial charge on any atom is 0.416 e. The summed E-state index contributed by atoms with van der Waals surface area (Å²) in [5.41, 5.74) is 0.423. The first kappa shape index (κ1) is 22.8. The first-order valence-electron chi connectivity index (χ1n) is 9.92. The van der Waals surface area contributed by atoms with E-state index in [1.165, 1.54) is 0 Å². The van der Waals surface area contributed by atoms with Gasteiger partial charge in [0.25, 0.3) is 0 Å². The van der Waals surface area contributed by atoms with E-state index >= 15 is 0 Å². The van der Waals surface area contributed by atoms with Gasteiger partial charge in [0.2, 0.25) is 12.0 Å². The molecule has 5 nitrogen and oxygen atoms in total. The van der Waals surface area contributed by atoms with Crippen molar-refractivity contribution in [3.8, 4) is 17.2 Å². The minimum atomic E-state index is -4.59. The summed E-state index contributed by atoms with van der Waals surface area (Å²) in [5.74, 6) is -0.741. The second-order valence-electron chi connectivity index (χ2n) is 7.00. The number of oxazole rings is 1. The van der Waals surface area contributed by atoms with E-state index in [1.54, 1.807) is 55.5 Å². The van der Waals surface area contributed by atoms with Crippen molar-refractivity contribution in [3.05, 3.63) is 82.3 Å². The van der Waals surface area contributed by atoms with Crippen LogP contribution in [0.4, 0.5) is 13.2 Å². The second kappa shape index (κ2) is 9.27. The molecule has 0 aliphatic heterocycles. The molecule has 1 heterocycles. The smallest absolute Gasteiger partial charge is 0.416 e. The summed E-state index contributed by atoms with van der Waals surface area (Å²) in [6.07, 6.45) is -5.80. The molecule has 1 unspecified atom stereocenters. The average molecular weight is 520 g/mol. The Morgan fingerprint density at radius 1 is 1.09 bits per heavy atom. The van der Waals surface area contributed by atoms with Gasteiger partial charge >= 0.3 is 12.1 Å². The highest BCUT2D eigenvalue weighted by atomic mass is 79.9. The number of para-hydroxylation sites is 2. The topological polar surface area (TPSA) is 61.6 Å². The third-order valence-corrected chi connectivity index (χ3v) is 5.28. The number of hydrogen-bond donors (Lipinski definition) is 0. The molecule has 0 aliphatic rings. The summed E-state index contributed by atoms with van der Waals surface area (Å²) in [7, 11) is 0. The molecule has 3 aromatic carbocycles. The van der Waals surface area contributed by atoms with Gasteiger partial charge in [-0.1, -0.05) is 40.2 Å². The van der Waals surface area contributed by atoms with E-state index in [4.69, 9.17) is 13.9 Å². The Labute approximate surface area is 195 Å². The Balaban J connectivity index is 1.82. The molecular weight excluding hydrogens is 503 g/mol. The number of esters is 1. The molecule has 1 atom stereocenters. The SMILES string of the molecule is CCOC(=O)C(Oc1ccc(C(F)(F)F)cc1-c1nc2ccccc2o1)c1ccc(Br)cc1. The number of fused-ring (bicyclic) bond motifs is 1. The fourth-order valence-electron chi connectivity index (χ4n) is 3.20. The van der Waals surface area contributed by atoms with Crippen LogP contribution in [0.5, 0.6) is 5.75 Å². The second-order valence-corrected chi connectivity index (χ2v) is 7.91. The molecule has 0 saturated heterocycles. The number of carbonyl (C=O) groups is 1. The predicted octanol–water partition coefficient (Wildman–Crippen LogP) is 6.96. The third kappa shape index (κ3) is 5.03. The van der Waals surface area contributed by atoms with Gasteiger partial charge in [0.05, 0.1) is 17.7 Å². The minimum absolute atomic E-state index is 0.00414. The van der Waals surface area contributed by atoms with Gasteiger partial charge in [0.15, 0.2) is 5.58 Å². The molecule has 170 valence electrons. The molecule has 0 radical (unpaired) electrons. The van der Waals surface area contributed by atoms with Gasteiger partial charge in [-0.3, -0.25) is 0 Å². The number of carbonyl (C=O) groups excluding carboxylic acids is 1. The fraction of sp³-hybridized carbons (Fsp3) is 0.167. The summed E-state index contributed by atoms with van der Waals surface area (Å²) >= 11 is 3.33. The van der Waals surface area contributed by atoms with Crippen LogP contribution in [0, 0.1) is 0 Å². The number of rotatable bonds is 6. The minimum Gasteiger partial charge on any atom is -0.473 e. The van der Waals surface area contributed by atoms with Crippen LogP contribution in [0.3, 0.4) is 0 Å². The van der Waals surface area contributed by atoms with Gasteiger partial charge in [-0.05, 0) is 49.4 Å². The molecule has 33 heavy (non-hydrogen) atoms. The van der Waals surface area contributed by atoms with Crippen LogP contribution in [0.15, 0.2) is 75.6 Å². The van der Waals surface area contributed by atoms with E-state index in [9.17, 15) is 18.0 Å². The fourth-order valence-corrected chi connectivity index (χ4v) is 3.46. The molecule has 4 rings (SSSR count). The largest absolute Gasteiger partial charge is 0.473 e. The Morgan fingerprint density at radius 3 is 2.48 bits per heavy atom. The van der Waals surface area contributed by atoms with Gasteiger partial charge < -0.3 is 13.9 Å². The lowest BCUT2D eigenvalue weighted by Gasteiger charge is -2.20.